The molecule has 1 N–H and O–H groups in total. The minimum atomic E-state index is -3.85. The lowest BCUT2D eigenvalue weighted by Crippen LogP contribution is -2.30. The number of nitrogens with zero attached hydrogens (tertiary/aromatic N) is 1. The van der Waals surface area contributed by atoms with E-state index in [4.69, 9.17) is 4.74 Å². The Bertz CT molecular complexity index is 1090. The van der Waals surface area contributed by atoms with Crippen molar-refractivity contribution in [1.82, 2.24) is 4.90 Å². The molecule has 30 heavy (non-hydrogen) atoms. The Morgan fingerprint density at radius 2 is 1.60 bits per heavy atom. The Hall–Kier alpha value is -3.39. The van der Waals surface area contributed by atoms with Gasteiger partial charge in [0.05, 0.1) is 11.4 Å². The van der Waals surface area contributed by atoms with Crippen molar-refractivity contribution in [2.24, 2.45) is 0 Å². The van der Waals surface area contributed by atoms with Gasteiger partial charge in [0.2, 0.25) is 0 Å². The highest BCUT2D eigenvalue weighted by Gasteiger charge is 2.16. The number of anilines is 1. The van der Waals surface area contributed by atoms with Gasteiger partial charge in [-0.1, -0.05) is 18.2 Å². The number of benzene rings is 3. The molecule has 0 fully saturated rings. The molecule has 0 aromatic heterocycles. The number of hydrogen-bond donors (Lipinski definition) is 1. The molecule has 0 aliphatic carbocycles. The highest BCUT2D eigenvalue weighted by atomic mass is 32.2. The van der Waals surface area contributed by atoms with Crippen molar-refractivity contribution in [2.75, 3.05) is 24.9 Å². The molecule has 0 heterocycles. The van der Waals surface area contributed by atoms with Gasteiger partial charge in [0, 0.05) is 18.3 Å². The topological polar surface area (TPSA) is 75.7 Å². The summed E-state index contributed by atoms with van der Waals surface area (Å²) < 4.78 is 45.7. The Morgan fingerprint density at radius 3 is 2.23 bits per heavy atom. The van der Waals surface area contributed by atoms with Crippen molar-refractivity contribution >= 4 is 21.6 Å². The average Bonchev–Trinajstić information content (AvgIpc) is 2.74. The Balaban J connectivity index is 1.57. The SMILES string of the molecule is CN(CCOc1ccccc1)C(=O)c1ccc(NS(=O)(=O)c2ccc(F)cc2)cc1. The van der Waals surface area contributed by atoms with E-state index in [9.17, 15) is 17.6 Å². The van der Waals surface area contributed by atoms with Gasteiger partial charge < -0.3 is 9.64 Å². The van der Waals surface area contributed by atoms with E-state index in [1.54, 1.807) is 19.2 Å². The van der Waals surface area contributed by atoms with E-state index in [-0.39, 0.29) is 10.8 Å². The van der Waals surface area contributed by atoms with E-state index in [0.717, 1.165) is 17.9 Å². The molecule has 3 aromatic rings. The van der Waals surface area contributed by atoms with Crippen molar-refractivity contribution in [3.63, 3.8) is 0 Å². The van der Waals surface area contributed by atoms with Crippen molar-refractivity contribution in [3.8, 4) is 5.75 Å². The standard InChI is InChI=1S/C22H21FN2O4S/c1-25(15-16-29-20-5-3-2-4-6-20)22(26)17-7-11-19(12-8-17)24-30(27,28)21-13-9-18(23)10-14-21/h2-14,24H,15-16H2,1H3. The molecule has 3 rings (SSSR count). The maximum Gasteiger partial charge on any atom is 0.261 e. The van der Waals surface area contributed by atoms with Crippen molar-refractivity contribution in [3.05, 3.63) is 90.2 Å². The summed E-state index contributed by atoms with van der Waals surface area (Å²) in [6, 6.07) is 19.9. The second kappa shape index (κ2) is 9.41. The zero-order valence-electron chi connectivity index (χ0n) is 16.3. The lowest BCUT2D eigenvalue weighted by molar-refractivity contribution is 0.0774. The smallest absolute Gasteiger partial charge is 0.261 e. The average molecular weight is 428 g/mol. The van der Waals surface area contributed by atoms with E-state index in [2.05, 4.69) is 4.72 Å². The van der Waals surface area contributed by atoms with E-state index in [1.807, 2.05) is 30.3 Å². The monoisotopic (exact) mass is 428 g/mol. The molecule has 6 nitrogen and oxygen atoms in total. The Kier molecular flexibility index (Phi) is 6.68. The quantitative estimate of drug-likeness (QED) is 0.593. The Morgan fingerprint density at radius 1 is 0.967 bits per heavy atom. The van der Waals surface area contributed by atoms with Gasteiger partial charge in [-0.15, -0.1) is 0 Å². The molecule has 0 saturated carbocycles. The zero-order valence-corrected chi connectivity index (χ0v) is 17.1. The first kappa shape index (κ1) is 21.3. The molecule has 0 aliphatic heterocycles. The van der Waals surface area contributed by atoms with Crippen molar-refractivity contribution in [1.29, 1.82) is 0 Å². The van der Waals surface area contributed by atoms with Crippen LogP contribution in [0.5, 0.6) is 5.75 Å². The third-order valence-corrected chi connectivity index (χ3v) is 5.69. The van der Waals surface area contributed by atoms with Gasteiger partial charge in [-0.2, -0.15) is 0 Å². The molecule has 0 saturated heterocycles. The van der Waals surface area contributed by atoms with Gasteiger partial charge in [-0.3, -0.25) is 9.52 Å². The van der Waals surface area contributed by atoms with Crippen LogP contribution in [0.3, 0.4) is 0 Å². The van der Waals surface area contributed by atoms with Crippen LogP contribution >= 0.6 is 0 Å². The molecule has 0 aliphatic rings. The van der Waals surface area contributed by atoms with Crippen LogP contribution in [0.4, 0.5) is 10.1 Å². The third kappa shape index (κ3) is 5.57. The summed E-state index contributed by atoms with van der Waals surface area (Å²) in [4.78, 5) is 14.0. The molecule has 0 radical (unpaired) electrons. The van der Waals surface area contributed by atoms with Gasteiger partial charge in [0.1, 0.15) is 18.2 Å². The summed E-state index contributed by atoms with van der Waals surface area (Å²) in [5.41, 5.74) is 0.716. The van der Waals surface area contributed by atoms with Crippen molar-refractivity contribution < 1.29 is 22.3 Å². The second-order valence-electron chi connectivity index (χ2n) is 6.52. The van der Waals surface area contributed by atoms with Crippen molar-refractivity contribution in [2.45, 2.75) is 4.90 Å². The van der Waals surface area contributed by atoms with E-state index < -0.39 is 15.8 Å². The normalized spacial score (nSPS) is 11.0. The number of carbonyl (C=O) groups is 1. The first-order chi connectivity index (χ1) is 14.3. The third-order valence-electron chi connectivity index (χ3n) is 4.29. The number of sulfonamides is 1. The molecular formula is C22H21FN2O4S. The van der Waals surface area contributed by atoms with Crippen LogP contribution in [0.2, 0.25) is 0 Å². The number of para-hydroxylation sites is 1. The Labute approximate surface area is 175 Å². The predicted molar refractivity (Wildman–Crippen MR) is 113 cm³/mol. The molecule has 1 amide bonds. The molecule has 156 valence electrons. The highest BCUT2D eigenvalue weighted by molar-refractivity contribution is 7.92. The van der Waals surface area contributed by atoms with Crippen LogP contribution in [0, 0.1) is 5.82 Å². The van der Waals surface area contributed by atoms with E-state index in [0.29, 0.717) is 24.4 Å². The fourth-order valence-corrected chi connectivity index (χ4v) is 3.71. The van der Waals surface area contributed by atoms with E-state index in [1.165, 1.54) is 29.2 Å². The number of hydrogen-bond acceptors (Lipinski definition) is 4. The highest BCUT2D eigenvalue weighted by Crippen LogP contribution is 2.18. The number of nitrogens with one attached hydrogen (secondary N) is 1. The number of ether oxygens (including phenoxy) is 1. The molecular weight excluding hydrogens is 407 g/mol. The van der Waals surface area contributed by atoms with Gasteiger partial charge >= 0.3 is 0 Å². The maximum atomic E-state index is 13.0. The van der Waals surface area contributed by atoms with Crippen LogP contribution in [0.15, 0.2) is 83.8 Å². The number of carbonyl (C=O) groups excluding carboxylic acids is 1. The van der Waals surface area contributed by atoms with Gasteiger partial charge in [0.15, 0.2) is 0 Å². The van der Waals surface area contributed by atoms with Gasteiger partial charge in [0.25, 0.3) is 15.9 Å². The molecule has 3 aromatic carbocycles. The summed E-state index contributed by atoms with van der Waals surface area (Å²) in [5, 5.41) is 0. The van der Waals surface area contributed by atoms with Crippen LogP contribution in [0.25, 0.3) is 0 Å². The molecule has 0 unspecified atom stereocenters. The maximum absolute atomic E-state index is 13.0. The number of rotatable bonds is 8. The van der Waals surface area contributed by atoms with Crippen LogP contribution in [-0.2, 0) is 10.0 Å². The summed E-state index contributed by atoms with van der Waals surface area (Å²) >= 11 is 0. The minimum Gasteiger partial charge on any atom is -0.492 e. The minimum absolute atomic E-state index is 0.0535. The fraction of sp³-hybridized carbons (Fsp3) is 0.136. The number of likely N-dealkylation sites (N-methyl/N-ethyl adjacent to an activating group) is 1. The predicted octanol–water partition coefficient (Wildman–Crippen LogP) is 3.78. The number of amides is 1. The molecule has 0 atom stereocenters. The molecule has 0 spiro atoms. The van der Waals surface area contributed by atoms with Gasteiger partial charge in [-0.05, 0) is 60.7 Å². The van der Waals surface area contributed by atoms with E-state index >= 15 is 0 Å². The van der Waals surface area contributed by atoms with Crippen LogP contribution in [0.1, 0.15) is 10.4 Å². The first-order valence-corrected chi connectivity index (χ1v) is 10.7. The lowest BCUT2D eigenvalue weighted by atomic mass is 10.2. The summed E-state index contributed by atoms with van der Waals surface area (Å²) in [6.45, 7) is 0.745. The van der Waals surface area contributed by atoms with Crippen LogP contribution in [-0.4, -0.2) is 39.4 Å². The lowest BCUT2D eigenvalue weighted by Gasteiger charge is -2.18. The largest absolute Gasteiger partial charge is 0.492 e. The van der Waals surface area contributed by atoms with Crippen LogP contribution < -0.4 is 9.46 Å². The summed E-state index contributed by atoms with van der Waals surface area (Å²) in [6.07, 6.45) is 0. The summed E-state index contributed by atoms with van der Waals surface area (Å²) in [7, 11) is -2.18. The molecule has 8 heteroatoms. The summed E-state index contributed by atoms with van der Waals surface area (Å²) in [5.74, 6) is 0.00541. The fourth-order valence-electron chi connectivity index (χ4n) is 2.65. The first-order valence-electron chi connectivity index (χ1n) is 9.17. The second-order valence-corrected chi connectivity index (χ2v) is 8.21. The molecule has 0 bridgehead atoms. The van der Waals surface area contributed by atoms with Gasteiger partial charge in [-0.25, -0.2) is 12.8 Å². The zero-order chi connectivity index (χ0) is 21.6. The number of halogens is 1.